The summed E-state index contributed by atoms with van der Waals surface area (Å²) in [5.74, 6) is -1.95. The summed E-state index contributed by atoms with van der Waals surface area (Å²) >= 11 is 0. The minimum absolute atomic E-state index is 0.0580. The van der Waals surface area contributed by atoms with Crippen molar-refractivity contribution in [3.05, 3.63) is 65.2 Å². The number of nitrogens with one attached hydrogen (secondary N) is 2. The number of amides is 3. The van der Waals surface area contributed by atoms with Gasteiger partial charge in [-0.25, -0.2) is 4.39 Å². The average molecular weight is 557 g/mol. The molecule has 0 bridgehead atoms. The number of aliphatic hydroxyl groups excluding tert-OH is 1. The summed E-state index contributed by atoms with van der Waals surface area (Å²) in [4.78, 5) is 42.9. The minimum atomic E-state index is -1.74. The molecule has 4 N–H and O–H groups in total. The second-order valence-corrected chi connectivity index (χ2v) is 10.2. The van der Waals surface area contributed by atoms with Crippen LogP contribution in [-0.2, 0) is 20.7 Å². The van der Waals surface area contributed by atoms with E-state index in [-0.39, 0.29) is 30.7 Å². The molecule has 4 atom stereocenters. The zero-order valence-electron chi connectivity index (χ0n) is 22.6. The first-order valence-corrected chi connectivity index (χ1v) is 13.6. The number of carbonyl (C=O) groups excluding carboxylic acids is 3. The lowest BCUT2D eigenvalue weighted by molar-refractivity contribution is -0.146. The summed E-state index contributed by atoms with van der Waals surface area (Å²) in [6, 6.07) is 11.4. The zero-order chi connectivity index (χ0) is 28.6. The van der Waals surface area contributed by atoms with Gasteiger partial charge in [0.1, 0.15) is 18.0 Å². The maximum atomic E-state index is 14.5. The van der Waals surface area contributed by atoms with Gasteiger partial charge in [-0.2, -0.15) is 0 Å². The summed E-state index contributed by atoms with van der Waals surface area (Å²) < 4.78 is 19.8. The molecule has 0 saturated carbocycles. The molecular formula is C29H37FN4O6. The highest BCUT2D eigenvalue weighted by atomic mass is 19.1. The number of morpholine rings is 1. The molecule has 2 aliphatic rings. The topological polar surface area (TPSA) is 131 Å². The van der Waals surface area contributed by atoms with E-state index in [4.69, 9.17) is 4.74 Å². The number of alkyl halides is 1. The maximum Gasteiger partial charge on any atom is 0.254 e. The van der Waals surface area contributed by atoms with Crippen molar-refractivity contribution in [1.82, 2.24) is 20.4 Å². The van der Waals surface area contributed by atoms with Gasteiger partial charge < -0.3 is 30.5 Å². The number of hydrogen-bond acceptors (Lipinski definition) is 7. The summed E-state index contributed by atoms with van der Waals surface area (Å²) in [7, 11) is 0. The van der Waals surface area contributed by atoms with Crippen molar-refractivity contribution in [3.63, 3.8) is 0 Å². The number of rotatable bonds is 10. The fourth-order valence-electron chi connectivity index (χ4n) is 5.12. The largest absolute Gasteiger partial charge is 0.508 e. The number of likely N-dealkylation sites (tertiary alicyclic amines) is 1. The molecule has 2 saturated heterocycles. The zero-order valence-corrected chi connectivity index (χ0v) is 22.6. The smallest absolute Gasteiger partial charge is 0.254 e. The Bertz CT molecular complexity index is 1180. The van der Waals surface area contributed by atoms with Gasteiger partial charge in [0.05, 0.1) is 25.8 Å². The van der Waals surface area contributed by atoms with Crippen LogP contribution in [0.15, 0.2) is 48.5 Å². The number of nitrogens with zero attached hydrogens (tertiary/aromatic N) is 2. The summed E-state index contributed by atoms with van der Waals surface area (Å²) in [6.45, 7) is 5.00. The maximum absolute atomic E-state index is 14.5. The van der Waals surface area contributed by atoms with E-state index in [9.17, 15) is 29.0 Å². The molecule has 10 nitrogen and oxygen atoms in total. The van der Waals surface area contributed by atoms with Crippen molar-refractivity contribution in [3.8, 4) is 5.75 Å². The van der Waals surface area contributed by atoms with E-state index < -0.39 is 42.1 Å². The second-order valence-electron chi connectivity index (χ2n) is 10.2. The molecule has 0 aliphatic carbocycles. The SMILES string of the molecule is Cc1c(O)cccc1C(=O)N[C@@H](Cc1ccccc1)C(O)C(=O)N1C[C@@H](F)C[C@H]1C(=O)NCCN1CCOCC1. The molecule has 40 heavy (non-hydrogen) atoms. The van der Waals surface area contributed by atoms with Crippen LogP contribution < -0.4 is 10.6 Å². The van der Waals surface area contributed by atoms with E-state index in [1.807, 2.05) is 6.07 Å². The van der Waals surface area contributed by atoms with Gasteiger partial charge in [-0.3, -0.25) is 19.3 Å². The number of carbonyl (C=O) groups is 3. The van der Waals surface area contributed by atoms with E-state index >= 15 is 0 Å². The second kappa shape index (κ2) is 13.7. The molecule has 2 aromatic rings. The third kappa shape index (κ3) is 7.35. The van der Waals surface area contributed by atoms with Crippen molar-refractivity contribution < 1.29 is 33.7 Å². The van der Waals surface area contributed by atoms with Crippen LogP contribution in [0.5, 0.6) is 5.75 Å². The number of phenols is 1. The van der Waals surface area contributed by atoms with Crippen LogP contribution in [0.25, 0.3) is 0 Å². The molecule has 216 valence electrons. The van der Waals surface area contributed by atoms with Gasteiger partial charge in [0.25, 0.3) is 11.8 Å². The number of hydrogen-bond donors (Lipinski definition) is 4. The minimum Gasteiger partial charge on any atom is -0.508 e. The van der Waals surface area contributed by atoms with E-state index in [0.29, 0.717) is 31.9 Å². The molecule has 2 heterocycles. The Labute approximate surface area is 233 Å². The van der Waals surface area contributed by atoms with E-state index in [1.54, 1.807) is 31.2 Å². The fourth-order valence-corrected chi connectivity index (χ4v) is 5.12. The molecule has 4 rings (SSSR count). The monoisotopic (exact) mass is 556 g/mol. The average Bonchev–Trinajstić information content (AvgIpc) is 3.36. The van der Waals surface area contributed by atoms with Crippen LogP contribution in [0.2, 0.25) is 0 Å². The third-order valence-corrected chi connectivity index (χ3v) is 7.47. The Hall–Kier alpha value is -3.54. The van der Waals surface area contributed by atoms with Crippen LogP contribution in [0.1, 0.15) is 27.9 Å². The first-order chi connectivity index (χ1) is 19.2. The number of aliphatic hydroxyl groups is 1. The molecule has 0 aromatic heterocycles. The Morgan fingerprint density at radius 3 is 2.55 bits per heavy atom. The van der Waals surface area contributed by atoms with E-state index in [0.717, 1.165) is 23.6 Å². The van der Waals surface area contributed by atoms with Crippen LogP contribution >= 0.6 is 0 Å². The van der Waals surface area contributed by atoms with Crippen molar-refractivity contribution in [2.45, 2.75) is 44.1 Å². The number of benzene rings is 2. The molecular weight excluding hydrogens is 519 g/mol. The summed E-state index contributed by atoms with van der Waals surface area (Å²) in [6.07, 6.45) is -3.21. The van der Waals surface area contributed by atoms with Crippen molar-refractivity contribution in [1.29, 1.82) is 0 Å². The van der Waals surface area contributed by atoms with E-state index in [2.05, 4.69) is 15.5 Å². The van der Waals surface area contributed by atoms with Crippen LogP contribution in [0, 0.1) is 6.92 Å². The van der Waals surface area contributed by atoms with Crippen molar-refractivity contribution in [2.24, 2.45) is 0 Å². The first kappa shape index (κ1) is 29.4. The Balaban J connectivity index is 1.46. The lowest BCUT2D eigenvalue weighted by atomic mass is 9.98. The molecule has 11 heteroatoms. The quantitative estimate of drug-likeness (QED) is 0.340. The molecule has 0 spiro atoms. The lowest BCUT2D eigenvalue weighted by Gasteiger charge is -2.30. The van der Waals surface area contributed by atoms with Crippen LogP contribution in [0.3, 0.4) is 0 Å². The molecule has 2 fully saturated rings. The van der Waals surface area contributed by atoms with Crippen LogP contribution in [-0.4, -0.2) is 108 Å². The third-order valence-electron chi connectivity index (χ3n) is 7.47. The number of aromatic hydroxyl groups is 1. The van der Waals surface area contributed by atoms with Gasteiger partial charge in [0.15, 0.2) is 6.10 Å². The Kier molecular flexibility index (Phi) is 10.1. The van der Waals surface area contributed by atoms with Gasteiger partial charge in [-0.05, 0) is 31.0 Å². The van der Waals surface area contributed by atoms with Gasteiger partial charge in [-0.1, -0.05) is 36.4 Å². The highest BCUT2D eigenvalue weighted by Gasteiger charge is 2.43. The van der Waals surface area contributed by atoms with Crippen LogP contribution in [0.4, 0.5) is 4.39 Å². The normalized spacial score (nSPS) is 21.0. The van der Waals surface area contributed by atoms with Crippen molar-refractivity contribution in [2.75, 3.05) is 45.9 Å². The number of halogens is 1. The number of ether oxygens (including phenoxy) is 1. The Morgan fingerprint density at radius 1 is 1.10 bits per heavy atom. The molecule has 2 aliphatic heterocycles. The summed E-state index contributed by atoms with van der Waals surface area (Å²) in [5.41, 5.74) is 1.31. The Morgan fingerprint density at radius 2 is 1.82 bits per heavy atom. The number of phenolic OH excluding ortho intramolecular Hbond substituents is 1. The van der Waals surface area contributed by atoms with Gasteiger partial charge in [0.2, 0.25) is 5.91 Å². The van der Waals surface area contributed by atoms with E-state index in [1.165, 1.54) is 18.2 Å². The van der Waals surface area contributed by atoms with Crippen molar-refractivity contribution >= 4 is 17.7 Å². The molecule has 0 radical (unpaired) electrons. The fraction of sp³-hybridized carbons (Fsp3) is 0.483. The predicted octanol–water partition coefficient (Wildman–Crippen LogP) is 0.790. The standard InChI is InChI=1S/C29H37FN4O6/c1-19-22(8-5-9-25(19)35)27(37)32-23(16-20-6-3-2-4-7-20)26(36)29(39)34-18-21(30)17-24(34)28(38)31-10-11-33-12-14-40-15-13-33/h2-9,21,23-24,26,35-36H,10-18H2,1H3,(H,31,38)(H,32,37)/t21-,23-,24-,26?/m0/s1. The summed E-state index contributed by atoms with van der Waals surface area (Å²) in [5, 5.41) is 26.8. The van der Waals surface area contributed by atoms with Gasteiger partial charge in [0, 0.05) is 43.7 Å². The predicted molar refractivity (Wildman–Crippen MR) is 146 cm³/mol. The molecule has 1 unspecified atom stereocenters. The molecule has 3 amide bonds. The highest BCUT2D eigenvalue weighted by molar-refractivity contribution is 5.97. The highest BCUT2D eigenvalue weighted by Crippen LogP contribution is 2.24. The molecule has 2 aromatic carbocycles. The van der Waals surface area contributed by atoms with Gasteiger partial charge in [-0.15, -0.1) is 0 Å². The van der Waals surface area contributed by atoms with Gasteiger partial charge >= 0.3 is 0 Å². The first-order valence-electron chi connectivity index (χ1n) is 13.6. The lowest BCUT2D eigenvalue weighted by Crippen LogP contribution is -2.56.